The van der Waals surface area contributed by atoms with Gasteiger partial charge in [0.1, 0.15) is 28.4 Å². The number of alkyl halides is 3. The fraction of sp³-hybridized carbons (Fsp3) is 0.250. The molecule has 1 aliphatic rings. The van der Waals surface area contributed by atoms with Crippen LogP contribution in [0.25, 0.3) is 0 Å². The second-order valence-electron chi connectivity index (χ2n) is 6.75. The Labute approximate surface area is 169 Å². The fourth-order valence-electron chi connectivity index (χ4n) is 3.47. The monoisotopic (exact) mass is 418 g/mol. The van der Waals surface area contributed by atoms with Crippen LogP contribution in [0.3, 0.4) is 0 Å². The zero-order valence-corrected chi connectivity index (χ0v) is 15.8. The van der Waals surface area contributed by atoms with Crippen molar-refractivity contribution in [2.45, 2.75) is 18.3 Å². The number of carbonyl (C=O) groups excluding carboxylic acids is 1. The molecular weight excluding hydrogens is 401 g/mol. The van der Waals surface area contributed by atoms with E-state index in [0.717, 1.165) is 0 Å². The van der Waals surface area contributed by atoms with Gasteiger partial charge in [-0.05, 0) is 35.9 Å². The van der Waals surface area contributed by atoms with Crippen molar-refractivity contribution in [2.75, 3.05) is 6.61 Å². The molecule has 156 valence electrons. The molecule has 0 saturated heterocycles. The maximum atomic E-state index is 12.9. The Morgan fingerprint density at radius 3 is 2.67 bits per heavy atom. The zero-order valence-electron chi connectivity index (χ0n) is 15.8. The molecule has 3 aromatic rings. The van der Waals surface area contributed by atoms with Crippen LogP contribution in [0, 0.1) is 0 Å². The number of aromatic nitrogens is 3. The first-order valence-corrected chi connectivity index (χ1v) is 9.04. The minimum Gasteiger partial charge on any atom is -0.491 e. The van der Waals surface area contributed by atoms with Crippen LogP contribution in [0.2, 0.25) is 0 Å². The summed E-state index contributed by atoms with van der Waals surface area (Å²) in [7, 11) is 1.69. The lowest BCUT2D eigenvalue weighted by molar-refractivity contribution is -0.274. The Bertz CT molecular complexity index is 1070. The van der Waals surface area contributed by atoms with E-state index in [1.807, 2.05) is 0 Å². The molecule has 0 radical (unpaired) electrons. The normalized spacial score (nSPS) is 18.3. The number of aryl methyl sites for hydroxylation is 1. The number of nitrogens with zero attached hydrogens (tertiary/aromatic N) is 3. The average Bonchev–Trinajstić information content (AvgIpc) is 3.14. The third-order valence-electron chi connectivity index (χ3n) is 4.76. The average molecular weight is 418 g/mol. The number of hydrogen-bond acceptors (Lipinski definition) is 5. The van der Waals surface area contributed by atoms with Gasteiger partial charge in [0.2, 0.25) is 0 Å². The van der Waals surface area contributed by atoms with Gasteiger partial charge in [-0.1, -0.05) is 12.1 Å². The summed E-state index contributed by atoms with van der Waals surface area (Å²) in [5.41, 5.74) is 0.104. The summed E-state index contributed by atoms with van der Waals surface area (Å²) in [6.07, 6.45) is -1.26. The lowest BCUT2D eigenvalue weighted by Gasteiger charge is -2.38. The van der Waals surface area contributed by atoms with Crippen LogP contribution in [-0.4, -0.2) is 33.6 Å². The first-order valence-electron chi connectivity index (χ1n) is 9.04. The van der Waals surface area contributed by atoms with Crippen LogP contribution in [0.4, 0.5) is 13.2 Å². The molecule has 1 amide bonds. The van der Waals surface area contributed by atoms with Gasteiger partial charge in [0.25, 0.3) is 5.91 Å². The van der Waals surface area contributed by atoms with Gasteiger partial charge in [0.15, 0.2) is 0 Å². The molecule has 0 saturated carbocycles. The highest BCUT2D eigenvalue weighted by Gasteiger charge is 2.43. The van der Waals surface area contributed by atoms with E-state index < -0.39 is 17.8 Å². The number of amides is 1. The molecule has 1 aliphatic heterocycles. The van der Waals surface area contributed by atoms with Crippen molar-refractivity contribution in [1.29, 1.82) is 0 Å². The van der Waals surface area contributed by atoms with Gasteiger partial charge in [-0.25, -0.2) is 0 Å². The lowest BCUT2D eigenvalue weighted by Crippen LogP contribution is -2.50. The van der Waals surface area contributed by atoms with Crippen molar-refractivity contribution in [3.05, 3.63) is 71.8 Å². The number of benzene rings is 1. The number of halogens is 3. The smallest absolute Gasteiger partial charge is 0.491 e. The van der Waals surface area contributed by atoms with Crippen LogP contribution < -0.4 is 14.8 Å². The maximum absolute atomic E-state index is 12.9. The van der Waals surface area contributed by atoms with Crippen molar-refractivity contribution in [3.63, 3.8) is 0 Å². The standard InChI is InChI=1S/C20H17F3N4O3/c1-27-11-8-15(26-27)18(28)25-19(9-12-29-16-3-2-10-24-17(16)19)13-4-6-14(7-5-13)30-20(21,22)23/h2-8,10-11H,9,12H2,1H3,(H,25,28). The zero-order chi connectivity index (χ0) is 21.4. The van der Waals surface area contributed by atoms with Crippen molar-refractivity contribution in [1.82, 2.24) is 20.1 Å². The van der Waals surface area contributed by atoms with Crippen molar-refractivity contribution >= 4 is 5.91 Å². The number of pyridine rings is 1. The van der Waals surface area contributed by atoms with Crippen LogP contribution in [0.1, 0.15) is 28.2 Å². The van der Waals surface area contributed by atoms with Gasteiger partial charge >= 0.3 is 6.36 Å². The summed E-state index contributed by atoms with van der Waals surface area (Å²) < 4.78 is 48.7. The Balaban J connectivity index is 1.76. The van der Waals surface area contributed by atoms with Crippen LogP contribution in [0.15, 0.2) is 54.9 Å². The van der Waals surface area contributed by atoms with Gasteiger partial charge in [-0.15, -0.1) is 13.2 Å². The van der Waals surface area contributed by atoms with Gasteiger partial charge in [0.05, 0.1) is 6.61 Å². The van der Waals surface area contributed by atoms with Crippen LogP contribution in [0.5, 0.6) is 11.5 Å². The van der Waals surface area contributed by atoms with Gasteiger partial charge < -0.3 is 14.8 Å². The van der Waals surface area contributed by atoms with Crippen LogP contribution >= 0.6 is 0 Å². The van der Waals surface area contributed by atoms with Gasteiger partial charge in [-0.2, -0.15) is 5.10 Å². The molecule has 1 aromatic carbocycles. The van der Waals surface area contributed by atoms with E-state index >= 15 is 0 Å². The van der Waals surface area contributed by atoms with Crippen molar-refractivity contribution in [3.8, 4) is 11.5 Å². The molecule has 2 aromatic heterocycles. The van der Waals surface area contributed by atoms with E-state index in [1.54, 1.807) is 37.6 Å². The summed E-state index contributed by atoms with van der Waals surface area (Å²) in [5.74, 6) is -0.309. The summed E-state index contributed by atoms with van der Waals surface area (Å²) in [6, 6.07) is 10.4. The van der Waals surface area contributed by atoms with E-state index in [9.17, 15) is 18.0 Å². The largest absolute Gasteiger partial charge is 0.573 e. The molecular formula is C20H17F3N4O3. The Hall–Kier alpha value is -3.56. The molecule has 10 heteroatoms. The van der Waals surface area contributed by atoms with E-state index in [2.05, 4.69) is 20.1 Å². The second-order valence-corrected chi connectivity index (χ2v) is 6.75. The first kappa shape index (κ1) is 19.7. The molecule has 0 aliphatic carbocycles. The Morgan fingerprint density at radius 2 is 2.00 bits per heavy atom. The molecule has 0 fully saturated rings. The summed E-state index contributed by atoms with van der Waals surface area (Å²) in [6.45, 7) is 0.280. The van der Waals surface area contributed by atoms with E-state index in [4.69, 9.17) is 4.74 Å². The number of fused-ring (bicyclic) bond motifs is 1. The quantitative estimate of drug-likeness (QED) is 0.704. The minimum atomic E-state index is -4.79. The molecule has 1 unspecified atom stereocenters. The van der Waals surface area contributed by atoms with E-state index in [-0.39, 0.29) is 18.1 Å². The van der Waals surface area contributed by atoms with E-state index in [1.165, 1.54) is 28.9 Å². The summed E-state index contributed by atoms with van der Waals surface area (Å²) in [4.78, 5) is 17.3. The maximum Gasteiger partial charge on any atom is 0.573 e. The molecule has 30 heavy (non-hydrogen) atoms. The number of nitrogens with one attached hydrogen (secondary N) is 1. The minimum absolute atomic E-state index is 0.206. The predicted octanol–water partition coefficient (Wildman–Crippen LogP) is 3.17. The SMILES string of the molecule is Cn1ccc(C(=O)NC2(c3ccc(OC(F)(F)F)cc3)CCOc3cccnc32)n1. The molecule has 0 bridgehead atoms. The lowest BCUT2D eigenvalue weighted by atomic mass is 9.81. The van der Waals surface area contributed by atoms with Crippen molar-refractivity contribution in [2.24, 2.45) is 7.05 Å². The Morgan fingerprint density at radius 1 is 1.23 bits per heavy atom. The fourth-order valence-corrected chi connectivity index (χ4v) is 3.47. The topological polar surface area (TPSA) is 78.3 Å². The third-order valence-corrected chi connectivity index (χ3v) is 4.76. The molecule has 4 rings (SSSR count). The predicted molar refractivity (Wildman–Crippen MR) is 98.9 cm³/mol. The Kier molecular flexibility index (Phi) is 4.84. The second kappa shape index (κ2) is 7.36. The molecule has 1 atom stereocenters. The molecule has 1 N–H and O–H groups in total. The molecule has 3 heterocycles. The number of hydrogen-bond donors (Lipinski definition) is 1. The van der Waals surface area contributed by atoms with Gasteiger partial charge in [0, 0.05) is 25.9 Å². The van der Waals surface area contributed by atoms with E-state index in [0.29, 0.717) is 23.4 Å². The highest BCUT2D eigenvalue weighted by molar-refractivity contribution is 5.93. The number of ether oxygens (including phenoxy) is 2. The number of rotatable bonds is 4. The highest BCUT2D eigenvalue weighted by atomic mass is 19.4. The summed E-state index contributed by atoms with van der Waals surface area (Å²) >= 11 is 0. The number of carbonyl (C=O) groups is 1. The third kappa shape index (κ3) is 3.80. The van der Waals surface area contributed by atoms with Crippen LogP contribution in [-0.2, 0) is 12.6 Å². The van der Waals surface area contributed by atoms with Crippen molar-refractivity contribution < 1.29 is 27.4 Å². The molecule has 0 spiro atoms. The van der Waals surface area contributed by atoms with Gasteiger partial charge in [-0.3, -0.25) is 14.5 Å². The molecule has 7 nitrogen and oxygen atoms in total. The summed E-state index contributed by atoms with van der Waals surface area (Å²) in [5, 5.41) is 7.10. The highest BCUT2D eigenvalue weighted by Crippen LogP contribution is 2.41. The first-order chi connectivity index (χ1) is 14.3.